The van der Waals surface area contributed by atoms with Crippen molar-refractivity contribution in [2.24, 2.45) is 11.8 Å². The van der Waals surface area contributed by atoms with Gasteiger partial charge in [-0.25, -0.2) is 13.6 Å². The largest absolute Gasteiger partial charge is 0.330 e. The first-order valence-corrected chi connectivity index (χ1v) is 5.95. The van der Waals surface area contributed by atoms with Crippen LogP contribution < -0.4 is 5.32 Å². The maximum Gasteiger partial charge on any atom is 0.330 e. The quantitative estimate of drug-likeness (QED) is 0.774. The fourth-order valence-electron chi connectivity index (χ4n) is 2.65. The molecule has 0 bridgehead atoms. The third-order valence-electron chi connectivity index (χ3n) is 3.48. The van der Waals surface area contributed by atoms with Gasteiger partial charge in [0.25, 0.3) is 6.43 Å². The summed E-state index contributed by atoms with van der Waals surface area (Å²) in [5.74, 6) is -2.55. The zero-order valence-corrected chi connectivity index (χ0v) is 9.70. The minimum Gasteiger partial charge on any atom is -0.277 e. The van der Waals surface area contributed by atoms with Gasteiger partial charge in [-0.2, -0.15) is 0 Å². The number of carbonyl (C=O) groups excluding carboxylic acids is 3. The Hall–Kier alpha value is -1.53. The van der Waals surface area contributed by atoms with E-state index in [1.165, 1.54) is 0 Å². The van der Waals surface area contributed by atoms with Crippen molar-refractivity contribution in [2.45, 2.75) is 32.1 Å². The third kappa shape index (κ3) is 2.34. The van der Waals surface area contributed by atoms with Crippen LogP contribution in [0.4, 0.5) is 13.6 Å². The van der Waals surface area contributed by atoms with Crippen LogP contribution in [-0.4, -0.2) is 35.7 Å². The first kappa shape index (κ1) is 12.9. The smallest absolute Gasteiger partial charge is 0.277 e. The summed E-state index contributed by atoms with van der Waals surface area (Å²) in [4.78, 5) is 35.5. The predicted octanol–water partition coefficient (Wildman–Crippen LogP) is 1.14. The number of alkyl halides is 2. The number of amides is 4. The van der Waals surface area contributed by atoms with Crippen LogP contribution in [0.25, 0.3) is 0 Å². The molecule has 5 nitrogen and oxygen atoms in total. The number of imide groups is 2. The van der Waals surface area contributed by atoms with Crippen molar-refractivity contribution in [2.75, 3.05) is 6.54 Å². The summed E-state index contributed by atoms with van der Waals surface area (Å²) in [6.45, 7) is -0.957. The Kier molecular flexibility index (Phi) is 3.58. The minimum absolute atomic E-state index is 0.134. The van der Waals surface area contributed by atoms with Crippen molar-refractivity contribution in [3.05, 3.63) is 0 Å². The molecule has 1 saturated heterocycles. The van der Waals surface area contributed by atoms with E-state index in [9.17, 15) is 23.2 Å². The monoisotopic (exact) mass is 260 g/mol. The van der Waals surface area contributed by atoms with Crippen molar-refractivity contribution in [3.8, 4) is 0 Å². The second-order valence-corrected chi connectivity index (χ2v) is 4.66. The fraction of sp³-hybridized carbons (Fsp3) is 0.727. The topological polar surface area (TPSA) is 66.5 Å². The molecule has 0 aromatic carbocycles. The van der Waals surface area contributed by atoms with Gasteiger partial charge in [0.15, 0.2) is 0 Å². The number of hydrogen-bond donors (Lipinski definition) is 1. The molecular weight excluding hydrogens is 246 g/mol. The zero-order chi connectivity index (χ0) is 13.3. The highest BCUT2D eigenvalue weighted by atomic mass is 19.3. The Labute approximate surface area is 103 Å². The lowest BCUT2D eigenvalue weighted by molar-refractivity contribution is -0.146. The lowest BCUT2D eigenvalue weighted by Gasteiger charge is -2.32. The molecule has 1 saturated carbocycles. The molecule has 2 fully saturated rings. The number of nitrogens with one attached hydrogen (secondary N) is 1. The molecule has 1 unspecified atom stereocenters. The van der Waals surface area contributed by atoms with E-state index in [1.54, 1.807) is 0 Å². The normalized spacial score (nSPS) is 26.1. The van der Waals surface area contributed by atoms with Crippen molar-refractivity contribution in [1.29, 1.82) is 0 Å². The summed E-state index contributed by atoms with van der Waals surface area (Å²) in [7, 11) is 0. The third-order valence-corrected chi connectivity index (χ3v) is 3.48. The molecule has 0 radical (unpaired) electrons. The van der Waals surface area contributed by atoms with Gasteiger partial charge in [-0.3, -0.25) is 19.8 Å². The number of halogens is 2. The SMILES string of the molecule is O=C1NC(=O)N(CC(F)F)C(=O)C1C1CCCC1. The molecule has 0 spiro atoms. The van der Waals surface area contributed by atoms with Crippen LogP contribution in [0.15, 0.2) is 0 Å². The molecule has 1 atom stereocenters. The van der Waals surface area contributed by atoms with Crippen molar-refractivity contribution >= 4 is 17.8 Å². The summed E-state index contributed by atoms with van der Waals surface area (Å²) >= 11 is 0. The van der Waals surface area contributed by atoms with Gasteiger partial charge >= 0.3 is 6.03 Å². The lowest BCUT2D eigenvalue weighted by Crippen LogP contribution is -2.60. The molecular formula is C11H14F2N2O3. The van der Waals surface area contributed by atoms with Crippen LogP contribution in [0.5, 0.6) is 0 Å². The minimum atomic E-state index is -2.79. The van der Waals surface area contributed by atoms with E-state index in [1.807, 2.05) is 5.32 Å². The van der Waals surface area contributed by atoms with Crippen LogP contribution in [0.3, 0.4) is 0 Å². The predicted molar refractivity (Wildman–Crippen MR) is 56.7 cm³/mol. The Bertz CT molecular complexity index is 380. The van der Waals surface area contributed by atoms with Crippen LogP contribution >= 0.6 is 0 Å². The van der Waals surface area contributed by atoms with Crippen LogP contribution in [0, 0.1) is 11.8 Å². The van der Waals surface area contributed by atoms with E-state index >= 15 is 0 Å². The molecule has 7 heteroatoms. The molecule has 1 N–H and O–H groups in total. The maximum atomic E-state index is 12.3. The van der Waals surface area contributed by atoms with Crippen LogP contribution in [0.1, 0.15) is 25.7 Å². The Balaban J connectivity index is 2.16. The molecule has 100 valence electrons. The summed E-state index contributed by atoms with van der Waals surface area (Å²) in [6, 6.07) is -1.04. The average molecular weight is 260 g/mol. The van der Waals surface area contributed by atoms with Gasteiger partial charge in [-0.05, 0) is 18.8 Å². The second kappa shape index (κ2) is 4.99. The van der Waals surface area contributed by atoms with E-state index in [2.05, 4.69) is 0 Å². The maximum absolute atomic E-state index is 12.3. The summed E-state index contributed by atoms with van der Waals surface area (Å²) in [5, 5.41) is 1.99. The zero-order valence-electron chi connectivity index (χ0n) is 9.70. The van der Waals surface area contributed by atoms with E-state index in [0.717, 1.165) is 25.7 Å². The summed E-state index contributed by atoms with van der Waals surface area (Å²) in [6.07, 6.45) is 0.493. The highest BCUT2D eigenvalue weighted by molar-refractivity contribution is 6.16. The van der Waals surface area contributed by atoms with Gasteiger partial charge in [0.2, 0.25) is 11.8 Å². The van der Waals surface area contributed by atoms with Crippen molar-refractivity contribution < 1.29 is 23.2 Å². The highest BCUT2D eigenvalue weighted by Gasteiger charge is 2.45. The lowest BCUT2D eigenvalue weighted by atomic mass is 9.87. The first-order chi connectivity index (χ1) is 8.50. The number of urea groups is 1. The van der Waals surface area contributed by atoms with Crippen LogP contribution in [0.2, 0.25) is 0 Å². The highest BCUT2D eigenvalue weighted by Crippen LogP contribution is 2.33. The van der Waals surface area contributed by atoms with E-state index < -0.39 is 36.7 Å². The summed E-state index contributed by atoms with van der Waals surface area (Å²) < 4.78 is 24.6. The van der Waals surface area contributed by atoms with Gasteiger partial charge < -0.3 is 0 Å². The molecule has 1 aliphatic heterocycles. The van der Waals surface area contributed by atoms with E-state index in [4.69, 9.17) is 0 Å². The molecule has 18 heavy (non-hydrogen) atoms. The fourth-order valence-corrected chi connectivity index (χ4v) is 2.65. The number of barbiturate groups is 1. The number of rotatable bonds is 3. The van der Waals surface area contributed by atoms with E-state index in [0.29, 0.717) is 4.90 Å². The van der Waals surface area contributed by atoms with Crippen LogP contribution in [-0.2, 0) is 9.59 Å². The van der Waals surface area contributed by atoms with Gasteiger partial charge in [0.05, 0.1) is 6.54 Å². The molecule has 2 aliphatic rings. The Morgan fingerprint density at radius 1 is 1.22 bits per heavy atom. The van der Waals surface area contributed by atoms with Gasteiger partial charge in [0.1, 0.15) is 5.92 Å². The number of carbonyl (C=O) groups is 3. The second-order valence-electron chi connectivity index (χ2n) is 4.66. The average Bonchev–Trinajstić information content (AvgIpc) is 2.77. The molecule has 2 rings (SSSR count). The Morgan fingerprint density at radius 2 is 1.83 bits per heavy atom. The van der Waals surface area contributed by atoms with E-state index in [-0.39, 0.29) is 5.92 Å². The molecule has 1 heterocycles. The molecule has 0 aromatic rings. The molecule has 0 aromatic heterocycles. The number of nitrogens with zero attached hydrogens (tertiary/aromatic N) is 1. The van der Waals surface area contributed by atoms with Crippen molar-refractivity contribution in [1.82, 2.24) is 10.2 Å². The standard InChI is InChI=1S/C11H14F2N2O3/c12-7(13)5-15-10(17)8(6-3-1-2-4-6)9(16)14-11(15)18/h6-8H,1-5H2,(H,14,16,18). The molecule has 4 amide bonds. The van der Waals surface area contributed by atoms with Gasteiger partial charge in [-0.1, -0.05) is 12.8 Å². The summed E-state index contributed by atoms with van der Waals surface area (Å²) in [5.41, 5.74) is 0. The van der Waals surface area contributed by atoms with Crippen molar-refractivity contribution in [3.63, 3.8) is 0 Å². The van der Waals surface area contributed by atoms with Gasteiger partial charge in [-0.15, -0.1) is 0 Å². The molecule has 1 aliphatic carbocycles. The number of hydrogen-bond acceptors (Lipinski definition) is 3. The first-order valence-electron chi connectivity index (χ1n) is 5.95. The van der Waals surface area contributed by atoms with Gasteiger partial charge in [0, 0.05) is 0 Å². The Morgan fingerprint density at radius 3 is 2.39 bits per heavy atom.